The van der Waals surface area contributed by atoms with Gasteiger partial charge in [0, 0.05) is 30.6 Å². The number of piperidine rings is 1. The van der Waals surface area contributed by atoms with Gasteiger partial charge in [-0.3, -0.25) is 14.5 Å². The molecule has 1 aliphatic rings. The minimum absolute atomic E-state index is 0.0338. The van der Waals surface area contributed by atoms with E-state index < -0.39 is 0 Å². The number of rotatable bonds is 9. The van der Waals surface area contributed by atoms with Gasteiger partial charge in [-0.25, -0.2) is 0 Å². The first-order chi connectivity index (χ1) is 14.5. The first-order valence-electron chi connectivity index (χ1n) is 10.3. The van der Waals surface area contributed by atoms with Crippen molar-refractivity contribution in [1.29, 1.82) is 0 Å². The molecule has 0 spiro atoms. The highest BCUT2D eigenvalue weighted by atomic mass is 32.2. The molecule has 30 heavy (non-hydrogen) atoms. The maximum atomic E-state index is 12.3. The second-order valence-corrected chi connectivity index (χ2v) is 9.59. The van der Waals surface area contributed by atoms with Crippen LogP contribution in [0.3, 0.4) is 0 Å². The lowest BCUT2D eigenvalue weighted by Gasteiger charge is -2.33. The molecular weight excluding hydrogens is 418 g/mol. The zero-order chi connectivity index (χ0) is 21.3. The number of thioether (sulfide) groups is 1. The van der Waals surface area contributed by atoms with Gasteiger partial charge in [0.15, 0.2) is 0 Å². The largest absolute Gasteiger partial charge is 0.354 e. The smallest absolute Gasteiger partial charge is 0.286 e. The molecule has 2 heterocycles. The molecule has 0 bridgehead atoms. The molecule has 162 valence electrons. The molecule has 1 atom stereocenters. The summed E-state index contributed by atoms with van der Waals surface area (Å²) in [6.45, 7) is 6.98. The molecule has 3 rings (SSSR count). The van der Waals surface area contributed by atoms with Crippen molar-refractivity contribution in [2.24, 2.45) is 0 Å². The molecule has 0 saturated carbocycles. The molecule has 1 aliphatic heterocycles. The number of benzene rings is 1. The number of nitrogens with one attached hydrogen (secondary N) is 2. The molecule has 2 aromatic rings. The SMILES string of the molecule is Cc1ccc(NC(=O)c2nnc(CSCC(=O)NCCN3CCCCC3C)s2)cc1. The Morgan fingerprint density at radius 3 is 2.80 bits per heavy atom. The highest BCUT2D eigenvalue weighted by Crippen LogP contribution is 2.18. The monoisotopic (exact) mass is 447 g/mol. The van der Waals surface area contributed by atoms with E-state index in [4.69, 9.17) is 0 Å². The van der Waals surface area contributed by atoms with E-state index in [0.29, 0.717) is 29.1 Å². The van der Waals surface area contributed by atoms with Crippen molar-refractivity contribution in [2.75, 3.05) is 30.7 Å². The molecule has 1 fully saturated rings. The number of hydrogen-bond donors (Lipinski definition) is 2. The summed E-state index contributed by atoms with van der Waals surface area (Å²) in [5.41, 5.74) is 1.86. The summed E-state index contributed by atoms with van der Waals surface area (Å²) in [4.78, 5) is 26.8. The Morgan fingerprint density at radius 1 is 1.23 bits per heavy atom. The standard InChI is InChI=1S/C21H29N5O2S2/c1-15-6-8-17(9-7-15)23-20(28)21-25-24-19(30-21)14-29-13-18(27)22-10-12-26-11-4-3-5-16(26)2/h6-9,16H,3-5,10-14H2,1-2H3,(H,22,27)(H,23,28). The number of amides is 2. The molecule has 0 radical (unpaired) electrons. The molecule has 1 aromatic heterocycles. The van der Waals surface area contributed by atoms with E-state index in [1.165, 1.54) is 42.4 Å². The second-order valence-electron chi connectivity index (χ2n) is 7.54. The minimum Gasteiger partial charge on any atom is -0.354 e. The third-order valence-electron chi connectivity index (χ3n) is 5.09. The first kappa shape index (κ1) is 22.7. The molecule has 9 heteroatoms. The summed E-state index contributed by atoms with van der Waals surface area (Å²) >= 11 is 2.74. The Labute approximate surface area is 186 Å². The fourth-order valence-electron chi connectivity index (χ4n) is 3.34. The van der Waals surface area contributed by atoms with Crippen LogP contribution in [0.25, 0.3) is 0 Å². The van der Waals surface area contributed by atoms with Gasteiger partial charge in [0.25, 0.3) is 5.91 Å². The van der Waals surface area contributed by atoms with Crippen LogP contribution in [0.5, 0.6) is 0 Å². The number of carbonyl (C=O) groups is 2. The van der Waals surface area contributed by atoms with Crippen molar-refractivity contribution in [3.63, 3.8) is 0 Å². The first-order valence-corrected chi connectivity index (χ1v) is 12.3. The van der Waals surface area contributed by atoms with Crippen LogP contribution in [0.2, 0.25) is 0 Å². The lowest BCUT2D eigenvalue weighted by molar-refractivity contribution is -0.118. The van der Waals surface area contributed by atoms with Crippen molar-refractivity contribution >= 4 is 40.6 Å². The van der Waals surface area contributed by atoms with Crippen LogP contribution in [0.15, 0.2) is 24.3 Å². The highest BCUT2D eigenvalue weighted by molar-refractivity contribution is 7.99. The number of nitrogens with zero attached hydrogens (tertiary/aromatic N) is 3. The van der Waals surface area contributed by atoms with Crippen LogP contribution in [0.4, 0.5) is 5.69 Å². The molecule has 0 aliphatic carbocycles. The predicted molar refractivity (Wildman–Crippen MR) is 123 cm³/mol. The molecule has 2 amide bonds. The zero-order valence-corrected chi connectivity index (χ0v) is 19.2. The van der Waals surface area contributed by atoms with Gasteiger partial charge in [-0.05, 0) is 45.4 Å². The van der Waals surface area contributed by atoms with Crippen molar-refractivity contribution < 1.29 is 9.59 Å². The molecule has 1 aromatic carbocycles. The van der Waals surface area contributed by atoms with E-state index in [9.17, 15) is 9.59 Å². The third kappa shape index (κ3) is 7.07. The Morgan fingerprint density at radius 2 is 2.03 bits per heavy atom. The van der Waals surface area contributed by atoms with E-state index in [2.05, 4.69) is 32.7 Å². The summed E-state index contributed by atoms with van der Waals surface area (Å²) in [7, 11) is 0. The topological polar surface area (TPSA) is 87.2 Å². The van der Waals surface area contributed by atoms with E-state index >= 15 is 0 Å². The fourth-order valence-corrected chi connectivity index (χ4v) is 4.97. The molecule has 7 nitrogen and oxygen atoms in total. The summed E-state index contributed by atoms with van der Waals surface area (Å²) in [5.74, 6) is 0.704. The summed E-state index contributed by atoms with van der Waals surface area (Å²) < 4.78 is 0. The van der Waals surface area contributed by atoms with Gasteiger partial charge in [-0.1, -0.05) is 35.5 Å². The van der Waals surface area contributed by atoms with Gasteiger partial charge in [0.1, 0.15) is 5.01 Å². The second kappa shape index (κ2) is 11.4. The summed E-state index contributed by atoms with van der Waals surface area (Å²) in [6, 6.07) is 8.21. The Bertz CT molecular complexity index is 840. The van der Waals surface area contributed by atoms with Crippen LogP contribution >= 0.6 is 23.1 Å². The number of hydrogen-bond acceptors (Lipinski definition) is 7. The van der Waals surface area contributed by atoms with Crippen molar-refractivity contribution in [3.05, 3.63) is 39.8 Å². The lowest BCUT2D eigenvalue weighted by Crippen LogP contribution is -2.42. The van der Waals surface area contributed by atoms with E-state index in [1.54, 1.807) is 0 Å². The number of carbonyl (C=O) groups excluding carboxylic acids is 2. The Hall–Kier alpha value is -1.97. The Kier molecular flexibility index (Phi) is 8.65. The number of anilines is 1. The minimum atomic E-state index is -0.266. The number of likely N-dealkylation sites (tertiary alicyclic amines) is 1. The normalized spacial score (nSPS) is 16.9. The average Bonchev–Trinajstić information content (AvgIpc) is 3.20. The zero-order valence-electron chi connectivity index (χ0n) is 17.5. The molecule has 1 unspecified atom stereocenters. The van der Waals surface area contributed by atoms with Gasteiger partial charge in [-0.2, -0.15) is 0 Å². The summed E-state index contributed by atoms with van der Waals surface area (Å²) in [6.07, 6.45) is 3.80. The molecular formula is C21H29N5O2S2. The number of aryl methyl sites for hydroxylation is 1. The Balaban J connectivity index is 1.34. The average molecular weight is 448 g/mol. The molecule has 1 saturated heterocycles. The maximum Gasteiger partial charge on any atom is 0.286 e. The van der Waals surface area contributed by atoms with Gasteiger partial charge >= 0.3 is 0 Å². The van der Waals surface area contributed by atoms with Gasteiger partial charge < -0.3 is 10.6 Å². The highest BCUT2D eigenvalue weighted by Gasteiger charge is 2.17. The lowest BCUT2D eigenvalue weighted by atomic mass is 10.0. The van der Waals surface area contributed by atoms with Gasteiger partial charge in [0.05, 0.1) is 5.75 Å². The number of aromatic nitrogens is 2. The van der Waals surface area contributed by atoms with Crippen molar-refractivity contribution in [3.8, 4) is 0 Å². The predicted octanol–water partition coefficient (Wildman–Crippen LogP) is 3.32. The van der Waals surface area contributed by atoms with Crippen LogP contribution in [-0.2, 0) is 10.5 Å². The van der Waals surface area contributed by atoms with Crippen LogP contribution in [-0.4, -0.2) is 58.3 Å². The van der Waals surface area contributed by atoms with Crippen LogP contribution < -0.4 is 10.6 Å². The summed E-state index contributed by atoms with van der Waals surface area (Å²) in [5, 5.41) is 14.9. The van der Waals surface area contributed by atoms with Crippen molar-refractivity contribution in [2.45, 2.75) is 44.9 Å². The van der Waals surface area contributed by atoms with Crippen LogP contribution in [0, 0.1) is 6.92 Å². The van der Waals surface area contributed by atoms with E-state index in [0.717, 1.165) is 29.3 Å². The van der Waals surface area contributed by atoms with E-state index in [1.807, 2.05) is 31.2 Å². The quantitative estimate of drug-likeness (QED) is 0.613. The van der Waals surface area contributed by atoms with Gasteiger partial charge in [0.2, 0.25) is 10.9 Å². The van der Waals surface area contributed by atoms with Crippen LogP contribution in [0.1, 0.15) is 46.6 Å². The van der Waals surface area contributed by atoms with Gasteiger partial charge in [-0.15, -0.1) is 22.0 Å². The molecule has 2 N–H and O–H groups in total. The van der Waals surface area contributed by atoms with E-state index in [-0.39, 0.29) is 11.8 Å². The maximum absolute atomic E-state index is 12.3. The fraction of sp³-hybridized carbons (Fsp3) is 0.524. The van der Waals surface area contributed by atoms with Crippen molar-refractivity contribution in [1.82, 2.24) is 20.4 Å². The third-order valence-corrected chi connectivity index (χ3v) is 7.14.